The predicted octanol–water partition coefficient (Wildman–Crippen LogP) is 2.33. The molecule has 5 nitrogen and oxygen atoms in total. The van der Waals surface area contributed by atoms with E-state index in [4.69, 9.17) is 4.42 Å². The average molecular weight is 314 g/mol. The number of rotatable bonds is 7. The van der Waals surface area contributed by atoms with Gasteiger partial charge in [-0.05, 0) is 45.1 Å². The zero-order chi connectivity index (χ0) is 15.8. The molecular formula is C15H26N2O3S. The van der Waals surface area contributed by atoms with Gasteiger partial charge in [0.2, 0.25) is 10.0 Å². The third-order valence-electron chi connectivity index (χ3n) is 4.68. The Bertz CT molecular complexity index is 613. The Morgan fingerprint density at radius 1 is 1.24 bits per heavy atom. The standard InChI is InChI=1S/C15H26N2O3S/c1-10(2)15(6-7-15)9-17-21(18,19)14-12(4)20-11(3)13(14)8-16-5/h10,16-17H,6-9H2,1-5H3. The second-order valence-corrected chi connectivity index (χ2v) is 8.10. The monoisotopic (exact) mass is 314 g/mol. The molecule has 1 fully saturated rings. The highest BCUT2D eigenvalue weighted by Crippen LogP contribution is 2.51. The molecule has 0 amide bonds. The minimum atomic E-state index is -3.53. The van der Waals surface area contributed by atoms with E-state index >= 15 is 0 Å². The van der Waals surface area contributed by atoms with Crippen LogP contribution in [0.5, 0.6) is 0 Å². The first-order valence-corrected chi connectivity index (χ1v) is 8.95. The number of nitrogens with one attached hydrogen (secondary N) is 2. The van der Waals surface area contributed by atoms with E-state index in [1.54, 1.807) is 20.9 Å². The highest BCUT2D eigenvalue weighted by atomic mass is 32.2. The Balaban J connectivity index is 2.24. The van der Waals surface area contributed by atoms with Crippen LogP contribution in [0.1, 0.15) is 43.8 Å². The minimum Gasteiger partial charge on any atom is -0.465 e. The molecule has 1 saturated carbocycles. The molecule has 0 saturated heterocycles. The van der Waals surface area contributed by atoms with Crippen LogP contribution in [0.4, 0.5) is 0 Å². The lowest BCUT2D eigenvalue weighted by molar-refractivity contribution is 0.357. The van der Waals surface area contributed by atoms with Crippen LogP contribution in [0.25, 0.3) is 0 Å². The molecule has 0 aromatic carbocycles. The molecule has 120 valence electrons. The van der Waals surface area contributed by atoms with Crippen LogP contribution in [-0.4, -0.2) is 22.0 Å². The fourth-order valence-corrected chi connectivity index (χ4v) is 4.45. The molecule has 21 heavy (non-hydrogen) atoms. The molecule has 1 aliphatic carbocycles. The Morgan fingerprint density at radius 2 is 1.86 bits per heavy atom. The van der Waals surface area contributed by atoms with Gasteiger partial charge in [0.1, 0.15) is 16.4 Å². The maximum absolute atomic E-state index is 12.7. The van der Waals surface area contributed by atoms with Crippen molar-refractivity contribution < 1.29 is 12.8 Å². The first kappa shape index (κ1) is 16.5. The van der Waals surface area contributed by atoms with Crippen molar-refractivity contribution in [3.8, 4) is 0 Å². The number of aryl methyl sites for hydroxylation is 2. The van der Waals surface area contributed by atoms with Crippen molar-refractivity contribution in [1.82, 2.24) is 10.0 Å². The van der Waals surface area contributed by atoms with Gasteiger partial charge in [-0.2, -0.15) is 0 Å². The normalized spacial score (nSPS) is 17.4. The van der Waals surface area contributed by atoms with Gasteiger partial charge in [-0.1, -0.05) is 13.8 Å². The van der Waals surface area contributed by atoms with Crippen LogP contribution in [0.2, 0.25) is 0 Å². The van der Waals surface area contributed by atoms with Crippen LogP contribution in [0.3, 0.4) is 0 Å². The minimum absolute atomic E-state index is 0.142. The predicted molar refractivity (Wildman–Crippen MR) is 82.6 cm³/mol. The summed E-state index contributed by atoms with van der Waals surface area (Å²) in [6.07, 6.45) is 2.19. The summed E-state index contributed by atoms with van der Waals surface area (Å²) in [6, 6.07) is 0. The number of sulfonamides is 1. The highest BCUT2D eigenvalue weighted by Gasteiger charge is 2.46. The van der Waals surface area contributed by atoms with Gasteiger partial charge in [-0.15, -0.1) is 0 Å². The Kier molecular flexibility index (Phi) is 4.52. The van der Waals surface area contributed by atoms with Gasteiger partial charge in [-0.25, -0.2) is 13.1 Å². The second-order valence-electron chi connectivity index (χ2n) is 6.39. The van der Waals surface area contributed by atoms with E-state index < -0.39 is 10.0 Å². The lowest BCUT2D eigenvalue weighted by Crippen LogP contribution is -2.33. The van der Waals surface area contributed by atoms with E-state index in [2.05, 4.69) is 23.9 Å². The van der Waals surface area contributed by atoms with Gasteiger partial charge < -0.3 is 9.73 Å². The topological polar surface area (TPSA) is 71.3 Å². The second kappa shape index (κ2) is 5.74. The van der Waals surface area contributed by atoms with E-state index in [0.29, 0.717) is 35.4 Å². The van der Waals surface area contributed by atoms with Gasteiger partial charge in [0.25, 0.3) is 0 Å². The molecular weight excluding hydrogens is 288 g/mol. The average Bonchev–Trinajstić information content (AvgIpc) is 3.11. The van der Waals surface area contributed by atoms with E-state index in [9.17, 15) is 8.42 Å². The fraction of sp³-hybridized carbons (Fsp3) is 0.733. The molecule has 0 bridgehead atoms. The zero-order valence-corrected chi connectivity index (χ0v) is 14.4. The summed E-state index contributed by atoms with van der Waals surface area (Å²) in [5.74, 6) is 1.61. The lowest BCUT2D eigenvalue weighted by atomic mass is 9.93. The third kappa shape index (κ3) is 3.17. The van der Waals surface area contributed by atoms with Crippen LogP contribution < -0.4 is 10.0 Å². The van der Waals surface area contributed by atoms with Crippen LogP contribution in [0.15, 0.2) is 9.31 Å². The van der Waals surface area contributed by atoms with Gasteiger partial charge in [-0.3, -0.25) is 0 Å². The molecule has 1 heterocycles. The third-order valence-corrected chi connectivity index (χ3v) is 6.27. The SMILES string of the molecule is CNCc1c(C)oc(C)c1S(=O)(=O)NCC1(C(C)C)CC1. The molecule has 2 N–H and O–H groups in total. The molecule has 1 aliphatic rings. The number of hydrogen-bond acceptors (Lipinski definition) is 4. The van der Waals surface area contributed by atoms with Crippen molar-refractivity contribution in [2.45, 2.75) is 52.0 Å². The summed E-state index contributed by atoms with van der Waals surface area (Å²) in [6.45, 7) is 8.80. The maximum Gasteiger partial charge on any atom is 0.244 e. The maximum atomic E-state index is 12.7. The van der Waals surface area contributed by atoms with Crippen molar-refractivity contribution >= 4 is 10.0 Å². The quantitative estimate of drug-likeness (QED) is 0.810. The van der Waals surface area contributed by atoms with Crippen LogP contribution in [-0.2, 0) is 16.6 Å². The van der Waals surface area contributed by atoms with Crippen molar-refractivity contribution in [3.63, 3.8) is 0 Å². The Hall–Kier alpha value is -0.850. The molecule has 6 heteroatoms. The summed E-state index contributed by atoms with van der Waals surface area (Å²) in [4.78, 5) is 0.300. The first-order chi connectivity index (χ1) is 9.73. The van der Waals surface area contributed by atoms with Gasteiger partial charge in [0.15, 0.2) is 0 Å². The van der Waals surface area contributed by atoms with Crippen molar-refractivity contribution in [2.24, 2.45) is 11.3 Å². The molecule has 1 aromatic rings. The zero-order valence-electron chi connectivity index (χ0n) is 13.5. The summed E-state index contributed by atoms with van der Waals surface area (Å²) >= 11 is 0. The molecule has 0 unspecified atom stereocenters. The van der Waals surface area contributed by atoms with Crippen LogP contribution in [0, 0.1) is 25.2 Å². The molecule has 0 spiro atoms. The fourth-order valence-electron chi connectivity index (χ4n) is 2.87. The summed E-state index contributed by atoms with van der Waals surface area (Å²) in [5.41, 5.74) is 0.861. The molecule has 2 rings (SSSR count). The smallest absolute Gasteiger partial charge is 0.244 e. The van der Waals surface area contributed by atoms with Crippen LogP contribution >= 0.6 is 0 Å². The van der Waals surface area contributed by atoms with E-state index in [0.717, 1.165) is 18.4 Å². The largest absolute Gasteiger partial charge is 0.465 e. The van der Waals surface area contributed by atoms with Crippen molar-refractivity contribution in [3.05, 3.63) is 17.1 Å². The van der Waals surface area contributed by atoms with E-state index in [1.807, 2.05) is 0 Å². The summed E-state index contributed by atoms with van der Waals surface area (Å²) < 4.78 is 33.6. The molecule has 0 radical (unpaired) electrons. The van der Waals surface area contributed by atoms with E-state index in [1.165, 1.54) is 0 Å². The number of hydrogen-bond donors (Lipinski definition) is 2. The summed E-state index contributed by atoms with van der Waals surface area (Å²) in [5, 5.41) is 3.00. The first-order valence-electron chi connectivity index (χ1n) is 7.46. The molecule has 0 aliphatic heterocycles. The molecule has 0 atom stereocenters. The van der Waals surface area contributed by atoms with Crippen molar-refractivity contribution in [1.29, 1.82) is 0 Å². The Labute approximate surface area is 127 Å². The highest BCUT2D eigenvalue weighted by molar-refractivity contribution is 7.89. The number of furan rings is 1. The van der Waals surface area contributed by atoms with Crippen molar-refractivity contribution in [2.75, 3.05) is 13.6 Å². The van der Waals surface area contributed by atoms with Gasteiger partial charge in [0.05, 0.1) is 0 Å². The lowest BCUT2D eigenvalue weighted by Gasteiger charge is -2.20. The van der Waals surface area contributed by atoms with Gasteiger partial charge in [0, 0.05) is 18.7 Å². The summed E-state index contributed by atoms with van der Waals surface area (Å²) in [7, 11) is -1.74. The van der Waals surface area contributed by atoms with Gasteiger partial charge >= 0.3 is 0 Å². The van der Waals surface area contributed by atoms with E-state index in [-0.39, 0.29) is 5.41 Å². The molecule has 1 aromatic heterocycles. The Morgan fingerprint density at radius 3 is 2.33 bits per heavy atom.